The summed E-state index contributed by atoms with van der Waals surface area (Å²) in [6.45, 7) is 9.55. The second-order valence-electron chi connectivity index (χ2n) is 8.48. The summed E-state index contributed by atoms with van der Waals surface area (Å²) in [7, 11) is 0. The molecule has 2 aromatic heterocycles. The molecule has 4 nitrogen and oxygen atoms in total. The number of nitrogens with zero attached hydrogens (tertiary/aromatic N) is 3. The van der Waals surface area contributed by atoms with Gasteiger partial charge in [0.15, 0.2) is 0 Å². The fraction of sp³-hybridized carbons (Fsp3) is 0.259. The number of amides is 1. The molecule has 32 heavy (non-hydrogen) atoms. The van der Waals surface area contributed by atoms with Crippen molar-refractivity contribution in [1.29, 1.82) is 0 Å². The second-order valence-corrected chi connectivity index (χ2v) is 9.77. The number of anilines is 1. The maximum absolute atomic E-state index is 13.6. The minimum Gasteiger partial charge on any atom is -0.368 e. The van der Waals surface area contributed by atoms with Gasteiger partial charge in [0.25, 0.3) is 5.91 Å². The first-order chi connectivity index (χ1) is 15.5. The van der Waals surface area contributed by atoms with Gasteiger partial charge in [-0.1, -0.05) is 30.3 Å². The summed E-state index contributed by atoms with van der Waals surface area (Å²) in [5, 5.41) is 0.923. The molecule has 1 amide bonds. The number of aryl methyl sites for hydroxylation is 2. The Balaban J connectivity index is 1.43. The molecule has 0 N–H and O–H groups in total. The van der Waals surface area contributed by atoms with Crippen LogP contribution in [0.2, 0.25) is 0 Å². The smallest absolute Gasteiger partial charge is 0.254 e. The van der Waals surface area contributed by atoms with Crippen molar-refractivity contribution < 1.29 is 4.79 Å². The molecule has 4 aromatic rings. The average Bonchev–Trinajstić information content (AvgIpc) is 3.26. The van der Waals surface area contributed by atoms with Crippen molar-refractivity contribution in [2.24, 2.45) is 0 Å². The molecule has 1 saturated heterocycles. The molecule has 162 valence electrons. The van der Waals surface area contributed by atoms with Gasteiger partial charge in [0.05, 0.1) is 21.7 Å². The van der Waals surface area contributed by atoms with Gasteiger partial charge in [0.2, 0.25) is 0 Å². The molecule has 0 spiro atoms. The van der Waals surface area contributed by atoms with Gasteiger partial charge in [-0.05, 0) is 62.2 Å². The van der Waals surface area contributed by atoms with Gasteiger partial charge in [0, 0.05) is 42.1 Å². The molecule has 3 heterocycles. The SMILES string of the molecule is Cc1ccc(-c2cc(C(=O)N3CCN(c4cccc(C)c4C)CC3)c3ccccc3n2)s1. The number of fused-ring (bicyclic) bond motifs is 1. The lowest BCUT2D eigenvalue weighted by atomic mass is 10.0. The number of hydrogen-bond donors (Lipinski definition) is 0. The molecule has 0 radical (unpaired) electrons. The van der Waals surface area contributed by atoms with Crippen LogP contribution < -0.4 is 4.90 Å². The Morgan fingerprint density at radius 2 is 1.69 bits per heavy atom. The first-order valence-corrected chi connectivity index (χ1v) is 11.9. The molecule has 0 bridgehead atoms. The van der Waals surface area contributed by atoms with E-state index in [4.69, 9.17) is 4.98 Å². The highest BCUT2D eigenvalue weighted by atomic mass is 32.1. The lowest BCUT2D eigenvalue weighted by molar-refractivity contribution is 0.0748. The van der Waals surface area contributed by atoms with Gasteiger partial charge in [-0.25, -0.2) is 4.98 Å². The Morgan fingerprint density at radius 3 is 2.44 bits per heavy atom. The van der Waals surface area contributed by atoms with Crippen LogP contribution in [-0.2, 0) is 0 Å². The molecule has 1 aliphatic heterocycles. The summed E-state index contributed by atoms with van der Waals surface area (Å²) in [6, 6.07) is 20.6. The molecule has 1 fully saturated rings. The first-order valence-electron chi connectivity index (χ1n) is 11.1. The molecule has 1 aliphatic rings. The van der Waals surface area contributed by atoms with Crippen molar-refractivity contribution in [3.8, 4) is 10.6 Å². The van der Waals surface area contributed by atoms with E-state index in [0.29, 0.717) is 0 Å². The van der Waals surface area contributed by atoms with Crippen LogP contribution >= 0.6 is 11.3 Å². The van der Waals surface area contributed by atoms with E-state index in [9.17, 15) is 4.79 Å². The highest BCUT2D eigenvalue weighted by Crippen LogP contribution is 2.31. The van der Waals surface area contributed by atoms with Crippen LogP contribution in [0.15, 0.2) is 60.7 Å². The molecular formula is C27H27N3OS. The molecule has 5 heteroatoms. The van der Waals surface area contributed by atoms with Crippen molar-refractivity contribution in [1.82, 2.24) is 9.88 Å². The molecular weight excluding hydrogens is 414 g/mol. The minimum atomic E-state index is 0.0961. The van der Waals surface area contributed by atoms with Crippen molar-refractivity contribution in [3.05, 3.63) is 82.2 Å². The lowest BCUT2D eigenvalue weighted by Gasteiger charge is -2.37. The summed E-state index contributed by atoms with van der Waals surface area (Å²) in [5.41, 5.74) is 6.40. The molecule has 0 aliphatic carbocycles. The Bertz CT molecular complexity index is 1300. The molecule has 0 saturated carbocycles. The third-order valence-corrected chi connectivity index (χ3v) is 7.45. The van der Waals surface area contributed by atoms with E-state index in [0.717, 1.165) is 53.2 Å². The van der Waals surface area contributed by atoms with Gasteiger partial charge < -0.3 is 9.80 Å². The summed E-state index contributed by atoms with van der Waals surface area (Å²) >= 11 is 1.71. The van der Waals surface area contributed by atoms with E-state index in [1.54, 1.807) is 11.3 Å². The third kappa shape index (κ3) is 3.78. The minimum absolute atomic E-state index is 0.0961. The zero-order chi connectivity index (χ0) is 22.2. The average molecular weight is 442 g/mol. The van der Waals surface area contributed by atoms with Crippen LogP contribution in [0.5, 0.6) is 0 Å². The van der Waals surface area contributed by atoms with Crippen molar-refractivity contribution in [2.75, 3.05) is 31.1 Å². The standard InChI is InChI=1S/C27H27N3OS/c1-18-7-6-10-25(20(18)3)29-13-15-30(16-14-29)27(31)22-17-24(26-12-11-19(2)32-26)28-23-9-5-4-8-21(22)23/h4-12,17H,13-16H2,1-3H3. The zero-order valence-corrected chi connectivity index (χ0v) is 19.6. The van der Waals surface area contributed by atoms with Crippen molar-refractivity contribution >= 4 is 33.8 Å². The van der Waals surface area contributed by atoms with Gasteiger partial charge in [-0.15, -0.1) is 11.3 Å². The van der Waals surface area contributed by atoms with E-state index in [1.165, 1.54) is 21.7 Å². The predicted molar refractivity (Wildman–Crippen MR) is 134 cm³/mol. The van der Waals surface area contributed by atoms with Crippen LogP contribution in [0.4, 0.5) is 5.69 Å². The van der Waals surface area contributed by atoms with E-state index < -0.39 is 0 Å². The summed E-state index contributed by atoms with van der Waals surface area (Å²) in [4.78, 5) is 25.2. The van der Waals surface area contributed by atoms with Crippen LogP contribution in [0.3, 0.4) is 0 Å². The van der Waals surface area contributed by atoms with E-state index in [1.807, 2.05) is 35.2 Å². The van der Waals surface area contributed by atoms with Crippen molar-refractivity contribution in [3.63, 3.8) is 0 Å². The van der Waals surface area contributed by atoms with Gasteiger partial charge in [0.1, 0.15) is 0 Å². The Labute approximate surface area is 193 Å². The monoisotopic (exact) mass is 441 g/mol. The number of benzene rings is 2. The lowest BCUT2D eigenvalue weighted by Crippen LogP contribution is -2.49. The predicted octanol–water partition coefficient (Wildman–Crippen LogP) is 5.85. The Hall–Kier alpha value is -3.18. The Morgan fingerprint density at radius 1 is 0.906 bits per heavy atom. The normalized spacial score (nSPS) is 14.2. The van der Waals surface area contributed by atoms with E-state index in [-0.39, 0.29) is 5.91 Å². The summed E-state index contributed by atoms with van der Waals surface area (Å²) < 4.78 is 0. The van der Waals surface area contributed by atoms with Crippen LogP contribution in [0, 0.1) is 20.8 Å². The molecule has 0 atom stereocenters. The van der Waals surface area contributed by atoms with E-state index >= 15 is 0 Å². The topological polar surface area (TPSA) is 36.4 Å². The second kappa shape index (κ2) is 8.40. The number of para-hydroxylation sites is 1. The maximum Gasteiger partial charge on any atom is 0.254 e. The van der Waals surface area contributed by atoms with Gasteiger partial charge in [-0.3, -0.25) is 4.79 Å². The fourth-order valence-electron chi connectivity index (χ4n) is 4.45. The van der Waals surface area contributed by atoms with Crippen LogP contribution in [0.25, 0.3) is 21.5 Å². The quantitative estimate of drug-likeness (QED) is 0.400. The zero-order valence-electron chi connectivity index (χ0n) is 18.8. The molecule has 2 aromatic carbocycles. The third-order valence-electron chi connectivity index (χ3n) is 6.42. The van der Waals surface area contributed by atoms with Crippen molar-refractivity contribution in [2.45, 2.75) is 20.8 Å². The van der Waals surface area contributed by atoms with E-state index in [2.05, 4.69) is 56.0 Å². The maximum atomic E-state index is 13.6. The number of pyridine rings is 1. The molecule has 5 rings (SSSR count). The number of aromatic nitrogens is 1. The van der Waals surface area contributed by atoms with Gasteiger partial charge >= 0.3 is 0 Å². The fourth-order valence-corrected chi connectivity index (χ4v) is 5.28. The number of thiophene rings is 1. The largest absolute Gasteiger partial charge is 0.368 e. The number of carbonyl (C=O) groups is 1. The summed E-state index contributed by atoms with van der Waals surface area (Å²) in [6.07, 6.45) is 0. The Kier molecular flexibility index (Phi) is 5.43. The number of rotatable bonds is 3. The number of hydrogen-bond acceptors (Lipinski definition) is 4. The van der Waals surface area contributed by atoms with Crippen LogP contribution in [-0.4, -0.2) is 42.0 Å². The summed E-state index contributed by atoms with van der Waals surface area (Å²) in [5.74, 6) is 0.0961. The highest BCUT2D eigenvalue weighted by Gasteiger charge is 2.25. The van der Waals surface area contributed by atoms with Crippen LogP contribution in [0.1, 0.15) is 26.4 Å². The highest BCUT2D eigenvalue weighted by molar-refractivity contribution is 7.15. The number of piperazine rings is 1. The van der Waals surface area contributed by atoms with Gasteiger partial charge in [-0.2, -0.15) is 0 Å². The number of carbonyl (C=O) groups excluding carboxylic acids is 1. The first kappa shape index (κ1) is 20.7. The molecule has 0 unspecified atom stereocenters.